The summed E-state index contributed by atoms with van der Waals surface area (Å²) in [5.41, 5.74) is 1.11. The number of benzene rings is 1. The minimum atomic E-state index is -0.399. The smallest absolute Gasteiger partial charge is 0.153 e. The highest BCUT2D eigenvalue weighted by atomic mass is 79.9. The molecule has 0 atom stereocenters. The molecule has 0 N–H and O–H groups in total. The maximum atomic E-state index is 13.8. The van der Waals surface area contributed by atoms with Gasteiger partial charge in [-0.05, 0) is 25.1 Å². The van der Waals surface area contributed by atoms with Crippen LogP contribution in [0.5, 0.6) is 0 Å². The van der Waals surface area contributed by atoms with E-state index in [9.17, 15) is 9.18 Å². The van der Waals surface area contributed by atoms with Crippen LogP contribution in [0.25, 0.3) is 11.3 Å². The number of carbonyl (C=O) groups excluding carboxylic acids is 1. The van der Waals surface area contributed by atoms with Crippen LogP contribution < -0.4 is 0 Å². The summed E-state index contributed by atoms with van der Waals surface area (Å²) in [6.07, 6.45) is 2.31. The van der Waals surface area contributed by atoms with Crippen molar-refractivity contribution in [1.29, 1.82) is 0 Å². The van der Waals surface area contributed by atoms with Crippen molar-refractivity contribution >= 4 is 22.2 Å². The molecule has 0 aliphatic carbocycles. The quantitative estimate of drug-likeness (QED) is 0.815. The molecule has 0 radical (unpaired) electrons. The summed E-state index contributed by atoms with van der Waals surface area (Å²) < 4.78 is 16.0. The van der Waals surface area contributed by atoms with E-state index in [-0.39, 0.29) is 0 Å². The first-order chi connectivity index (χ1) is 8.15. The predicted octanol–water partition coefficient (Wildman–Crippen LogP) is 3.28. The molecule has 0 aliphatic rings. The first-order valence-electron chi connectivity index (χ1n) is 5.13. The molecule has 0 saturated heterocycles. The van der Waals surface area contributed by atoms with E-state index in [1.54, 1.807) is 23.0 Å². The average Bonchev–Trinajstić information content (AvgIpc) is 2.72. The largest absolute Gasteiger partial charge is 0.298 e. The molecule has 0 bridgehead atoms. The summed E-state index contributed by atoms with van der Waals surface area (Å²) in [5.74, 6) is -0.399. The van der Waals surface area contributed by atoms with Gasteiger partial charge in [-0.1, -0.05) is 15.9 Å². The molecule has 1 aromatic carbocycles. The van der Waals surface area contributed by atoms with Crippen LogP contribution in [0, 0.1) is 5.82 Å². The van der Waals surface area contributed by atoms with Crippen molar-refractivity contribution in [3.05, 3.63) is 40.2 Å². The third kappa shape index (κ3) is 2.29. The lowest BCUT2D eigenvalue weighted by atomic mass is 10.1. The van der Waals surface area contributed by atoms with Gasteiger partial charge in [-0.25, -0.2) is 4.39 Å². The van der Waals surface area contributed by atoms with Gasteiger partial charge in [-0.2, -0.15) is 5.10 Å². The number of carbonyl (C=O) groups is 1. The first-order valence-corrected chi connectivity index (χ1v) is 5.93. The van der Waals surface area contributed by atoms with E-state index in [4.69, 9.17) is 0 Å². The molecule has 2 rings (SSSR count). The molecule has 5 heteroatoms. The molecular formula is C12H10BrFN2O. The second-order valence-electron chi connectivity index (χ2n) is 3.53. The standard InChI is InChI=1S/C12H10BrFN2O/c1-2-16-6-8(7-17)12(15-16)10-4-3-9(13)5-11(10)14/h3-7H,2H2,1H3. The normalized spacial score (nSPS) is 10.5. The van der Waals surface area contributed by atoms with Gasteiger partial charge in [0, 0.05) is 22.8 Å². The van der Waals surface area contributed by atoms with Crippen molar-refractivity contribution in [3.63, 3.8) is 0 Å². The summed E-state index contributed by atoms with van der Waals surface area (Å²) in [7, 11) is 0. The Labute approximate surface area is 106 Å². The van der Waals surface area contributed by atoms with Crippen LogP contribution in [-0.2, 0) is 6.54 Å². The zero-order valence-electron chi connectivity index (χ0n) is 9.15. The van der Waals surface area contributed by atoms with Gasteiger partial charge in [0.05, 0.1) is 5.56 Å². The Hall–Kier alpha value is -1.49. The van der Waals surface area contributed by atoms with Gasteiger partial charge in [0.1, 0.15) is 11.5 Å². The zero-order chi connectivity index (χ0) is 12.4. The number of aldehydes is 1. The maximum Gasteiger partial charge on any atom is 0.153 e. The van der Waals surface area contributed by atoms with Crippen molar-refractivity contribution < 1.29 is 9.18 Å². The van der Waals surface area contributed by atoms with Crippen LogP contribution in [0.2, 0.25) is 0 Å². The summed E-state index contributed by atoms with van der Waals surface area (Å²) >= 11 is 3.19. The summed E-state index contributed by atoms with van der Waals surface area (Å²) in [6, 6.07) is 4.68. The summed E-state index contributed by atoms with van der Waals surface area (Å²) in [5, 5.41) is 4.19. The Bertz CT molecular complexity index is 566. The molecule has 2 aromatic rings. The van der Waals surface area contributed by atoms with Crippen molar-refractivity contribution in [1.82, 2.24) is 9.78 Å². The lowest BCUT2D eigenvalue weighted by Crippen LogP contribution is -1.94. The van der Waals surface area contributed by atoms with Crippen LogP contribution in [0.4, 0.5) is 4.39 Å². The van der Waals surface area contributed by atoms with Gasteiger partial charge < -0.3 is 0 Å². The third-order valence-electron chi connectivity index (χ3n) is 2.43. The van der Waals surface area contributed by atoms with Crippen molar-refractivity contribution in [2.45, 2.75) is 13.5 Å². The molecule has 0 aliphatic heterocycles. The zero-order valence-corrected chi connectivity index (χ0v) is 10.7. The van der Waals surface area contributed by atoms with Crippen LogP contribution >= 0.6 is 15.9 Å². The lowest BCUT2D eigenvalue weighted by Gasteiger charge is -2.01. The Balaban J connectivity index is 2.58. The molecule has 1 aromatic heterocycles. The molecular weight excluding hydrogens is 287 g/mol. The van der Waals surface area contributed by atoms with Crippen LogP contribution in [0.15, 0.2) is 28.9 Å². The van der Waals surface area contributed by atoms with Gasteiger partial charge >= 0.3 is 0 Å². The van der Waals surface area contributed by atoms with E-state index in [0.717, 1.165) is 0 Å². The molecule has 88 valence electrons. The number of rotatable bonds is 3. The van der Waals surface area contributed by atoms with E-state index < -0.39 is 5.82 Å². The topological polar surface area (TPSA) is 34.9 Å². The molecule has 0 unspecified atom stereocenters. The van der Waals surface area contributed by atoms with Gasteiger partial charge in [0.15, 0.2) is 6.29 Å². The summed E-state index contributed by atoms with van der Waals surface area (Å²) in [6.45, 7) is 2.54. The van der Waals surface area contributed by atoms with Gasteiger partial charge in [0.25, 0.3) is 0 Å². The monoisotopic (exact) mass is 296 g/mol. The second-order valence-corrected chi connectivity index (χ2v) is 4.45. The van der Waals surface area contributed by atoms with Crippen molar-refractivity contribution in [2.75, 3.05) is 0 Å². The minimum absolute atomic E-state index is 0.336. The maximum absolute atomic E-state index is 13.8. The highest BCUT2D eigenvalue weighted by Crippen LogP contribution is 2.26. The Morgan fingerprint density at radius 1 is 1.53 bits per heavy atom. The fourth-order valence-corrected chi connectivity index (χ4v) is 1.91. The predicted molar refractivity (Wildman–Crippen MR) is 66.4 cm³/mol. The second kappa shape index (κ2) is 4.79. The lowest BCUT2D eigenvalue weighted by molar-refractivity contribution is 0.112. The highest BCUT2D eigenvalue weighted by molar-refractivity contribution is 9.10. The molecule has 1 heterocycles. The van der Waals surface area contributed by atoms with E-state index in [1.165, 1.54) is 6.07 Å². The van der Waals surface area contributed by atoms with Crippen molar-refractivity contribution in [3.8, 4) is 11.3 Å². The number of hydrogen-bond donors (Lipinski definition) is 0. The van der Waals surface area contributed by atoms with E-state index in [2.05, 4.69) is 21.0 Å². The Morgan fingerprint density at radius 2 is 2.29 bits per heavy atom. The molecule has 0 amide bonds. The molecule has 0 spiro atoms. The highest BCUT2D eigenvalue weighted by Gasteiger charge is 2.14. The van der Waals surface area contributed by atoms with E-state index in [0.29, 0.717) is 34.1 Å². The SMILES string of the molecule is CCn1cc(C=O)c(-c2ccc(Br)cc2F)n1. The van der Waals surface area contributed by atoms with E-state index in [1.807, 2.05) is 6.92 Å². The Kier molecular flexibility index (Phi) is 3.38. The number of aromatic nitrogens is 2. The number of hydrogen-bond acceptors (Lipinski definition) is 2. The fraction of sp³-hybridized carbons (Fsp3) is 0.167. The van der Waals surface area contributed by atoms with E-state index >= 15 is 0 Å². The van der Waals surface area contributed by atoms with Crippen molar-refractivity contribution in [2.24, 2.45) is 0 Å². The third-order valence-corrected chi connectivity index (χ3v) is 2.92. The first kappa shape index (κ1) is 12.0. The molecule has 17 heavy (non-hydrogen) atoms. The fourth-order valence-electron chi connectivity index (χ4n) is 1.58. The molecule has 0 saturated carbocycles. The van der Waals surface area contributed by atoms with Gasteiger partial charge in [-0.3, -0.25) is 9.48 Å². The van der Waals surface area contributed by atoms with Crippen LogP contribution in [-0.4, -0.2) is 16.1 Å². The van der Waals surface area contributed by atoms with Gasteiger partial charge in [-0.15, -0.1) is 0 Å². The number of halogens is 2. The minimum Gasteiger partial charge on any atom is -0.298 e. The summed E-state index contributed by atoms with van der Waals surface area (Å²) in [4.78, 5) is 10.9. The number of aryl methyl sites for hydroxylation is 1. The van der Waals surface area contributed by atoms with Crippen LogP contribution in [0.1, 0.15) is 17.3 Å². The molecule has 3 nitrogen and oxygen atoms in total. The average molecular weight is 297 g/mol. The molecule has 0 fully saturated rings. The Morgan fingerprint density at radius 3 is 2.88 bits per heavy atom. The van der Waals surface area contributed by atoms with Gasteiger partial charge in [0.2, 0.25) is 0 Å². The van der Waals surface area contributed by atoms with Crippen LogP contribution in [0.3, 0.4) is 0 Å². The number of nitrogens with zero attached hydrogens (tertiary/aromatic N) is 2.